The maximum Gasteiger partial charge on any atom is 0.586 e. The summed E-state index contributed by atoms with van der Waals surface area (Å²) >= 11 is 0. The molecule has 2 aliphatic heterocycles. The number of nitrogens with zero attached hydrogens (tertiary/aromatic N) is 1. The fourth-order valence-corrected chi connectivity index (χ4v) is 3.39. The van der Waals surface area contributed by atoms with Crippen molar-refractivity contribution in [2.45, 2.75) is 31.6 Å². The van der Waals surface area contributed by atoms with Crippen LogP contribution in [0.5, 0.6) is 11.5 Å². The Morgan fingerprint density at radius 2 is 1.96 bits per heavy atom. The lowest BCUT2D eigenvalue weighted by Gasteiger charge is -2.35. The Kier molecular flexibility index (Phi) is 4.67. The van der Waals surface area contributed by atoms with Crippen molar-refractivity contribution in [3.8, 4) is 11.5 Å². The molecular formula is C16H21ClF2N2O2. The summed E-state index contributed by atoms with van der Waals surface area (Å²) < 4.78 is 36.3. The molecule has 0 spiro atoms. The van der Waals surface area contributed by atoms with Crippen LogP contribution < -0.4 is 14.8 Å². The summed E-state index contributed by atoms with van der Waals surface area (Å²) in [5, 5.41) is 3.34. The molecule has 1 saturated carbocycles. The van der Waals surface area contributed by atoms with E-state index in [1.165, 1.54) is 12.8 Å². The van der Waals surface area contributed by atoms with Crippen molar-refractivity contribution in [2.24, 2.45) is 5.92 Å². The summed E-state index contributed by atoms with van der Waals surface area (Å²) in [7, 11) is 0. The van der Waals surface area contributed by atoms with Gasteiger partial charge in [-0.2, -0.15) is 0 Å². The fourth-order valence-electron chi connectivity index (χ4n) is 3.39. The van der Waals surface area contributed by atoms with Gasteiger partial charge in [-0.1, -0.05) is 25.0 Å². The zero-order valence-electron chi connectivity index (χ0n) is 12.8. The van der Waals surface area contributed by atoms with Crippen molar-refractivity contribution in [1.29, 1.82) is 0 Å². The fraction of sp³-hybridized carbons (Fsp3) is 0.625. The van der Waals surface area contributed by atoms with Gasteiger partial charge in [-0.3, -0.25) is 4.90 Å². The van der Waals surface area contributed by atoms with Gasteiger partial charge in [0.05, 0.1) is 0 Å². The van der Waals surface area contributed by atoms with Crippen molar-refractivity contribution in [1.82, 2.24) is 10.2 Å². The van der Waals surface area contributed by atoms with Crippen molar-refractivity contribution >= 4 is 12.4 Å². The van der Waals surface area contributed by atoms with Crippen molar-refractivity contribution in [3.63, 3.8) is 0 Å². The first-order valence-corrected chi connectivity index (χ1v) is 7.96. The van der Waals surface area contributed by atoms with Crippen molar-refractivity contribution in [2.75, 3.05) is 26.2 Å². The zero-order chi connectivity index (χ0) is 15.2. The standard InChI is InChI=1S/C16H20F2N2O2.ClH/c17-16(18)21-14-3-1-2-12(15(14)22-16)13(10-11-4-5-11)20-8-6-19-7-9-20;/h1-3,11,13,19H,4-10H2;1H/t13-;/m0./s1. The molecule has 7 heteroatoms. The zero-order valence-corrected chi connectivity index (χ0v) is 13.6. The Labute approximate surface area is 140 Å². The lowest BCUT2D eigenvalue weighted by atomic mass is 9.97. The molecular weight excluding hydrogens is 326 g/mol. The number of alkyl halides is 2. The Morgan fingerprint density at radius 3 is 2.65 bits per heavy atom. The van der Waals surface area contributed by atoms with Gasteiger partial charge in [-0.25, -0.2) is 0 Å². The third-order valence-corrected chi connectivity index (χ3v) is 4.66. The number of fused-ring (bicyclic) bond motifs is 1. The molecule has 1 aliphatic carbocycles. The second kappa shape index (κ2) is 6.42. The normalized spacial score (nSPS) is 24.1. The number of hydrogen-bond acceptors (Lipinski definition) is 4. The topological polar surface area (TPSA) is 33.7 Å². The molecule has 0 aromatic heterocycles. The Hall–Kier alpha value is -1.11. The predicted molar refractivity (Wildman–Crippen MR) is 84.4 cm³/mol. The smallest absolute Gasteiger partial charge is 0.395 e. The summed E-state index contributed by atoms with van der Waals surface area (Å²) in [6.07, 6.45) is -0.0618. The van der Waals surface area contributed by atoms with Gasteiger partial charge in [0.1, 0.15) is 0 Å². The molecule has 4 rings (SSSR count). The first-order chi connectivity index (χ1) is 10.6. The van der Waals surface area contributed by atoms with Crippen LogP contribution in [0, 0.1) is 5.92 Å². The Morgan fingerprint density at radius 1 is 1.22 bits per heavy atom. The molecule has 0 bridgehead atoms. The Balaban J connectivity index is 0.00000156. The van der Waals surface area contributed by atoms with Crippen molar-refractivity contribution < 1.29 is 18.3 Å². The molecule has 4 nitrogen and oxygen atoms in total. The number of nitrogens with one attached hydrogen (secondary N) is 1. The first kappa shape index (κ1) is 16.7. The number of ether oxygens (including phenoxy) is 2. The van der Waals surface area contributed by atoms with Gasteiger partial charge < -0.3 is 14.8 Å². The number of halogens is 3. The predicted octanol–water partition coefficient (Wildman–Crippen LogP) is 3.18. The van der Waals surface area contributed by atoms with Gasteiger partial charge in [-0.05, 0) is 18.4 Å². The summed E-state index contributed by atoms with van der Waals surface area (Å²) in [6, 6.07) is 5.35. The molecule has 1 aromatic carbocycles. The van der Waals surface area contributed by atoms with E-state index < -0.39 is 6.29 Å². The van der Waals surface area contributed by atoms with Crippen LogP contribution in [-0.2, 0) is 0 Å². The monoisotopic (exact) mass is 346 g/mol. The van der Waals surface area contributed by atoms with Gasteiger partial charge >= 0.3 is 6.29 Å². The van der Waals surface area contributed by atoms with E-state index in [9.17, 15) is 8.78 Å². The summed E-state index contributed by atoms with van der Waals surface area (Å²) in [5.74, 6) is 1.08. The maximum atomic E-state index is 13.4. The van der Waals surface area contributed by atoms with Gasteiger partial charge in [0.15, 0.2) is 11.5 Å². The van der Waals surface area contributed by atoms with E-state index in [0.717, 1.165) is 38.2 Å². The molecule has 0 radical (unpaired) electrons. The number of benzene rings is 1. The lowest BCUT2D eigenvalue weighted by Crippen LogP contribution is -2.45. The number of rotatable bonds is 4. The number of hydrogen-bond donors (Lipinski definition) is 1. The van der Waals surface area contributed by atoms with E-state index in [2.05, 4.69) is 15.0 Å². The van der Waals surface area contributed by atoms with Crippen LogP contribution in [0.4, 0.5) is 8.78 Å². The molecule has 1 saturated heterocycles. The third kappa shape index (κ3) is 3.54. The van der Waals surface area contributed by atoms with E-state index in [-0.39, 0.29) is 29.9 Å². The molecule has 2 fully saturated rings. The van der Waals surface area contributed by atoms with E-state index in [0.29, 0.717) is 5.92 Å². The minimum atomic E-state index is -3.55. The van der Waals surface area contributed by atoms with Gasteiger partial charge in [0, 0.05) is 37.8 Å². The second-order valence-electron chi connectivity index (χ2n) is 6.32. The third-order valence-electron chi connectivity index (χ3n) is 4.66. The molecule has 23 heavy (non-hydrogen) atoms. The van der Waals surface area contributed by atoms with E-state index >= 15 is 0 Å². The maximum absolute atomic E-state index is 13.4. The molecule has 1 N–H and O–H groups in total. The molecule has 1 atom stereocenters. The largest absolute Gasteiger partial charge is 0.586 e. The van der Waals surface area contributed by atoms with Crippen molar-refractivity contribution in [3.05, 3.63) is 23.8 Å². The minimum Gasteiger partial charge on any atom is -0.395 e. The highest BCUT2D eigenvalue weighted by Crippen LogP contribution is 2.49. The molecule has 2 heterocycles. The second-order valence-corrected chi connectivity index (χ2v) is 6.32. The molecule has 128 valence electrons. The molecule has 1 aromatic rings. The van der Waals surface area contributed by atoms with Crippen LogP contribution >= 0.6 is 12.4 Å². The van der Waals surface area contributed by atoms with E-state index in [1.54, 1.807) is 12.1 Å². The Bertz CT molecular complexity index is 563. The summed E-state index contributed by atoms with van der Waals surface area (Å²) in [6.45, 7) is 3.73. The molecule has 3 aliphatic rings. The summed E-state index contributed by atoms with van der Waals surface area (Å²) in [5.41, 5.74) is 0.837. The van der Waals surface area contributed by atoms with Crippen LogP contribution in [0.15, 0.2) is 18.2 Å². The highest BCUT2D eigenvalue weighted by Gasteiger charge is 2.46. The van der Waals surface area contributed by atoms with Crippen LogP contribution in [0.2, 0.25) is 0 Å². The van der Waals surface area contributed by atoms with Gasteiger partial charge in [0.25, 0.3) is 0 Å². The average molecular weight is 347 g/mol. The van der Waals surface area contributed by atoms with Crippen LogP contribution in [-0.4, -0.2) is 37.4 Å². The summed E-state index contributed by atoms with van der Waals surface area (Å²) in [4.78, 5) is 2.38. The molecule has 0 amide bonds. The number of para-hydroxylation sites is 1. The SMILES string of the molecule is Cl.FC1(F)Oc2cccc([C@H](CC3CC3)N3CCNCC3)c2O1. The van der Waals surface area contributed by atoms with Crippen LogP contribution in [0.3, 0.4) is 0 Å². The highest BCUT2D eigenvalue weighted by atomic mass is 35.5. The quantitative estimate of drug-likeness (QED) is 0.908. The van der Waals surface area contributed by atoms with Crippen LogP contribution in [0.25, 0.3) is 0 Å². The van der Waals surface area contributed by atoms with E-state index in [4.69, 9.17) is 4.74 Å². The minimum absolute atomic E-state index is 0. The molecule has 0 unspecified atom stereocenters. The van der Waals surface area contributed by atoms with Gasteiger partial charge in [0.2, 0.25) is 0 Å². The van der Waals surface area contributed by atoms with E-state index in [1.807, 2.05) is 6.07 Å². The first-order valence-electron chi connectivity index (χ1n) is 7.96. The number of piperazine rings is 1. The average Bonchev–Trinajstić information content (AvgIpc) is 3.26. The lowest BCUT2D eigenvalue weighted by molar-refractivity contribution is -0.287. The van der Waals surface area contributed by atoms with Gasteiger partial charge in [-0.15, -0.1) is 21.2 Å². The van der Waals surface area contributed by atoms with Crippen LogP contribution in [0.1, 0.15) is 30.9 Å². The highest BCUT2D eigenvalue weighted by molar-refractivity contribution is 5.85.